The van der Waals surface area contributed by atoms with Crippen LogP contribution in [0.2, 0.25) is 0 Å². The van der Waals surface area contributed by atoms with Crippen molar-refractivity contribution in [1.29, 1.82) is 0 Å². The Labute approximate surface area is 66.6 Å². The number of hydrogen-bond donors (Lipinski definition) is 0. The third-order valence-electron chi connectivity index (χ3n) is 1.78. The van der Waals surface area contributed by atoms with E-state index in [0.717, 1.165) is 22.6 Å². The first-order valence-electron chi connectivity index (χ1n) is 3.24. The Morgan fingerprint density at radius 1 is 1.44 bits per heavy atom. The van der Waals surface area contributed by atoms with Crippen molar-refractivity contribution >= 4 is 34.2 Å². The molecule has 0 N–H and O–H groups in total. The monoisotopic (exact) mass is 158 g/mol. The van der Waals surface area contributed by atoms with Gasteiger partial charge < -0.3 is 0 Å². The standard InChI is InChI=1S/C7H10S2/c1-5-2-3-6(8)4-7(5)9/h5H,2-4H2,1H3. The van der Waals surface area contributed by atoms with Crippen LogP contribution in [0, 0.1) is 5.92 Å². The molecule has 0 heterocycles. The molecule has 1 atom stereocenters. The molecule has 0 radical (unpaired) electrons. The van der Waals surface area contributed by atoms with E-state index in [9.17, 15) is 0 Å². The lowest BCUT2D eigenvalue weighted by molar-refractivity contribution is 0.693. The Morgan fingerprint density at radius 2 is 2.11 bits per heavy atom. The molecule has 9 heavy (non-hydrogen) atoms. The molecule has 0 aromatic heterocycles. The van der Waals surface area contributed by atoms with Gasteiger partial charge in [-0.1, -0.05) is 31.4 Å². The van der Waals surface area contributed by atoms with Gasteiger partial charge in [0, 0.05) is 11.3 Å². The molecular weight excluding hydrogens is 148 g/mol. The summed E-state index contributed by atoms with van der Waals surface area (Å²) >= 11 is 10.2. The second-order valence-electron chi connectivity index (χ2n) is 2.62. The highest BCUT2D eigenvalue weighted by molar-refractivity contribution is 7.82. The van der Waals surface area contributed by atoms with Crippen molar-refractivity contribution in [3.63, 3.8) is 0 Å². The van der Waals surface area contributed by atoms with Crippen LogP contribution >= 0.6 is 24.4 Å². The van der Waals surface area contributed by atoms with Gasteiger partial charge in [0.2, 0.25) is 0 Å². The maximum Gasteiger partial charge on any atom is 0.0105 e. The highest BCUT2D eigenvalue weighted by Gasteiger charge is 2.16. The molecule has 0 bridgehead atoms. The van der Waals surface area contributed by atoms with Gasteiger partial charge in [0.05, 0.1) is 0 Å². The molecule has 0 spiro atoms. The molecule has 0 amide bonds. The number of thiocarbonyl (C=S) groups is 2. The van der Waals surface area contributed by atoms with Crippen molar-refractivity contribution in [2.45, 2.75) is 26.2 Å². The van der Waals surface area contributed by atoms with E-state index in [1.54, 1.807) is 0 Å². The van der Waals surface area contributed by atoms with Crippen molar-refractivity contribution in [3.05, 3.63) is 0 Å². The topological polar surface area (TPSA) is 0 Å². The Hall–Kier alpha value is 0.180. The SMILES string of the molecule is CC1CCC(=S)CC1=S. The van der Waals surface area contributed by atoms with Gasteiger partial charge in [-0.2, -0.15) is 0 Å². The average molecular weight is 158 g/mol. The van der Waals surface area contributed by atoms with E-state index in [1.807, 2.05) is 0 Å². The van der Waals surface area contributed by atoms with Crippen LogP contribution in [0.15, 0.2) is 0 Å². The molecular formula is C7H10S2. The molecule has 1 fully saturated rings. The fourth-order valence-electron chi connectivity index (χ4n) is 0.995. The zero-order valence-electron chi connectivity index (χ0n) is 5.52. The maximum atomic E-state index is 5.12. The zero-order chi connectivity index (χ0) is 6.85. The molecule has 0 saturated heterocycles. The Morgan fingerprint density at radius 3 is 2.56 bits per heavy atom. The first-order chi connectivity index (χ1) is 4.20. The summed E-state index contributed by atoms with van der Waals surface area (Å²) in [6, 6.07) is 0. The second-order valence-corrected chi connectivity index (χ2v) is 3.72. The fourth-order valence-corrected chi connectivity index (χ4v) is 1.65. The summed E-state index contributed by atoms with van der Waals surface area (Å²) < 4.78 is 0. The van der Waals surface area contributed by atoms with Gasteiger partial charge in [-0.05, 0) is 23.6 Å². The molecule has 2 heteroatoms. The van der Waals surface area contributed by atoms with Gasteiger partial charge >= 0.3 is 0 Å². The molecule has 50 valence electrons. The van der Waals surface area contributed by atoms with Crippen LogP contribution < -0.4 is 0 Å². The van der Waals surface area contributed by atoms with E-state index in [1.165, 1.54) is 6.42 Å². The summed E-state index contributed by atoms with van der Waals surface area (Å²) in [4.78, 5) is 2.31. The van der Waals surface area contributed by atoms with Crippen LogP contribution in [0.5, 0.6) is 0 Å². The summed E-state index contributed by atoms with van der Waals surface area (Å²) in [6.45, 7) is 2.18. The first-order valence-corrected chi connectivity index (χ1v) is 4.06. The lowest BCUT2D eigenvalue weighted by Crippen LogP contribution is -2.19. The van der Waals surface area contributed by atoms with Gasteiger partial charge in [-0.3, -0.25) is 0 Å². The van der Waals surface area contributed by atoms with Gasteiger partial charge in [0.1, 0.15) is 0 Å². The minimum atomic E-state index is 0.631. The zero-order valence-corrected chi connectivity index (χ0v) is 7.15. The summed E-state index contributed by atoms with van der Waals surface area (Å²) in [7, 11) is 0. The minimum absolute atomic E-state index is 0.631. The van der Waals surface area contributed by atoms with Crippen molar-refractivity contribution in [2.75, 3.05) is 0 Å². The number of hydrogen-bond acceptors (Lipinski definition) is 2. The van der Waals surface area contributed by atoms with E-state index in [4.69, 9.17) is 24.4 Å². The van der Waals surface area contributed by atoms with Gasteiger partial charge in [-0.25, -0.2) is 0 Å². The van der Waals surface area contributed by atoms with E-state index < -0.39 is 0 Å². The Kier molecular flexibility index (Phi) is 2.30. The van der Waals surface area contributed by atoms with Crippen LogP contribution in [0.25, 0.3) is 0 Å². The molecule has 1 aliphatic rings. The summed E-state index contributed by atoms with van der Waals surface area (Å²) in [6.07, 6.45) is 3.21. The smallest absolute Gasteiger partial charge is 0.0105 e. The third kappa shape index (κ3) is 1.80. The average Bonchev–Trinajstić information content (AvgIpc) is 1.80. The molecule has 1 unspecified atom stereocenters. The molecule has 1 rings (SSSR count). The summed E-state index contributed by atoms with van der Waals surface area (Å²) in [5.41, 5.74) is 0. The largest absolute Gasteiger partial charge is 0.0893 e. The fraction of sp³-hybridized carbons (Fsp3) is 0.714. The summed E-state index contributed by atoms with van der Waals surface area (Å²) in [5.74, 6) is 0.631. The second kappa shape index (κ2) is 2.84. The van der Waals surface area contributed by atoms with Gasteiger partial charge in [0.25, 0.3) is 0 Å². The molecule has 0 aromatic rings. The quantitative estimate of drug-likeness (QED) is 0.497. The van der Waals surface area contributed by atoms with E-state index >= 15 is 0 Å². The highest BCUT2D eigenvalue weighted by atomic mass is 32.1. The van der Waals surface area contributed by atoms with Crippen molar-refractivity contribution in [3.8, 4) is 0 Å². The van der Waals surface area contributed by atoms with E-state index in [-0.39, 0.29) is 0 Å². The highest BCUT2D eigenvalue weighted by Crippen LogP contribution is 2.19. The maximum absolute atomic E-state index is 5.12. The molecule has 1 saturated carbocycles. The van der Waals surface area contributed by atoms with Crippen LogP contribution in [-0.2, 0) is 0 Å². The van der Waals surface area contributed by atoms with Gasteiger partial charge in [-0.15, -0.1) is 0 Å². The van der Waals surface area contributed by atoms with Crippen molar-refractivity contribution in [2.24, 2.45) is 5.92 Å². The predicted octanol–water partition coefficient (Wildman–Crippen LogP) is 2.55. The number of rotatable bonds is 0. The van der Waals surface area contributed by atoms with Crippen molar-refractivity contribution in [1.82, 2.24) is 0 Å². The van der Waals surface area contributed by atoms with E-state index in [0.29, 0.717) is 5.92 Å². The molecule has 0 aliphatic heterocycles. The van der Waals surface area contributed by atoms with E-state index in [2.05, 4.69) is 6.92 Å². The van der Waals surface area contributed by atoms with Crippen molar-refractivity contribution < 1.29 is 0 Å². The normalized spacial score (nSPS) is 28.8. The molecule has 1 aliphatic carbocycles. The lowest BCUT2D eigenvalue weighted by atomic mass is 9.90. The molecule has 0 nitrogen and oxygen atoms in total. The van der Waals surface area contributed by atoms with Crippen LogP contribution in [0.4, 0.5) is 0 Å². The predicted molar refractivity (Wildman–Crippen MR) is 48.2 cm³/mol. The Bertz CT molecular complexity index is 149. The molecule has 0 aromatic carbocycles. The lowest BCUT2D eigenvalue weighted by Gasteiger charge is -2.18. The van der Waals surface area contributed by atoms with Crippen LogP contribution in [0.3, 0.4) is 0 Å². The Balaban J connectivity index is 2.54. The van der Waals surface area contributed by atoms with Gasteiger partial charge in [0.15, 0.2) is 0 Å². The first kappa shape index (κ1) is 7.29. The van der Waals surface area contributed by atoms with Crippen LogP contribution in [-0.4, -0.2) is 9.73 Å². The van der Waals surface area contributed by atoms with Crippen LogP contribution in [0.1, 0.15) is 26.2 Å². The summed E-state index contributed by atoms with van der Waals surface area (Å²) in [5, 5.41) is 0. The third-order valence-corrected chi connectivity index (χ3v) is 2.67. The minimum Gasteiger partial charge on any atom is -0.0893 e.